The Balaban J connectivity index is 1.74. The number of methoxy groups -OCH3 is 1. The largest absolute Gasteiger partial charge is 0.494 e. The lowest BCUT2D eigenvalue weighted by Crippen LogP contribution is -2.08. The average molecular weight is 366 g/mol. The molecule has 2 heterocycles. The van der Waals surface area contributed by atoms with Gasteiger partial charge in [-0.1, -0.05) is 24.4 Å². The molecule has 2 aromatic carbocycles. The van der Waals surface area contributed by atoms with Crippen molar-refractivity contribution >= 4 is 12.2 Å². The molecule has 1 aliphatic heterocycles. The monoisotopic (exact) mass is 366 g/mol. The van der Waals surface area contributed by atoms with E-state index in [1.165, 1.54) is 0 Å². The van der Waals surface area contributed by atoms with Gasteiger partial charge in [-0.05, 0) is 37.3 Å². The Morgan fingerprint density at radius 3 is 2.73 bits per heavy atom. The number of nitrogens with zero attached hydrogens (tertiary/aromatic N) is 1. The van der Waals surface area contributed by atoms with Crippen molar-refractivity contribution in [2.45, 2.75) is 13.3 Å². The fraction of sp³-hybridized carbons (Fsp3) is 0.200. The van der Waals surface area contributed by atoms with Crippen LogP contribution in [0.5, 0.6) is 23.1 Å². The fourth-order valence-electron chi connectivity index (χ4n) is 3.00. The van der Waals surface area contributed by atoms with Gasteiger partial charge in [-0.2, -0.15) is 0 Å². The van der Waals surface area contributed by atoms with Gasteiger partial charge < -0.3 is 19.2 Å². The average Bonchev–Trinajstić information content (AvgIpc) is 2.67. The van der Waals surface area contributed by atoms with Crippen LogP contribution in [0.4, 0.5) is 0 Å². The number of nitrogens with one attached hydrogen (secondary N) is 1. The molecule has 0 amide bonds. The molecule has 5 nitrogen and oxygen atoms in total. The third kappa shape index (κ3) is 2.93. The van der Waals surface area contributed by atoms with E-state index in [2.05, 4.69) is 9.97 Å². The summed E-state index contributed by atoms with van der Waals surface area (Å²) in [5.74, 6) is 3.52. The molecule has 0 atom stereocenters. The van der Waals surface area contributed by atoms with Crippen molar-refractivity contribution in [3.8, 4) is 34.5 Å². The Morgan fingerprint density at radius 1 is 1.19 bits per heavy atom. The number of hydrogen-bond acceptors (Lipinski definition) is 5. The summed E-state index contributed by atoms with van der Waals surface area (Å²) in [6.45, 7) is 2.59. The highest BCUT2D eigenvalue weighted by atomic mass is 32.1. The number of ether oxygens (including phenoxy) is 3. The van der Waals surface area contributed by atoms with E-state index in [1.54, 1.807) is 7.11 Å². The molecule has 26 heavy (non-hydrogen) atoms. The van der Waals surface area contributed by atoms with E-state index in [1.807, 2.05) is 49.4 Å². The summed E-state index contributed by atoms with van der Waals surface area (Å²) in [7, 11) is 1.63. The standard InChI is InChI=1S/C20H18N2O3S/c1-3-24-14-9-7-12(8-10-14)18-21-19-15(20(26)22-18)11-13-5-4-6-16(23-2)17(13)25-19/h4-10H,3,11H2,1-2H3,(H,21,22,26). The second-order valence-electron chi connectivity index (χ2n) is 5.88. The topological polar surface area (TPSA) is 56.4 Å². The molecule has 0 saturated carbocycles. The van der Waals surface area contributed by atoms with Gasteiger partial charge in [0.2, 0.25) is 5.88 Å². The molecule has 3 aromatic rings. The predicted molar refractivity (Wildman–Crippen MR) is 102 cm³/mol. The number of benzene rings is 2. The van der Waals surface area contributed by atoms with Crippen molar-refractivity contribution in [1.82, 2.24) is 9.97 Å². The SMILES string of the molecule is CCOc1ccc(-c2nc(=S)c3c([nH]2)Oc2c(cccc2OC)C3)cc1. The molecular formula is C20H18N2O3S. The van der Waals surface area contributed by atoms with Gasteiger partial charge >= 0.3 is 0 Å². The van der Waals surface area contributed by atoms with E-state index in [-0.39, 0.29) is 0 Å². The summed E-state index contributed by atoms with van der Waals surface area (Å²) in [6.07, 6.45) is 0.660. The van der Waals surface area contributed by atoms with Crippen molar-refractivity contribution in [3.05, 3.63) is 58.2 Å². The molecule has 0 bridgehead atoms. The van der Waals surface area contributed by atoms with Crippen LogP contribution in [0.3, 0.4) is 0 Å². The third-order valence-corrected chi connectivity index (χ3v) is 4.61. The lowest BCUT2D eigenvalue weighted by Gasteiger charge is -2.22. The zero-order chi connectivity index (χ0) is 18.1. The minimum atomic E-state index is 0.538. The van der Waals surface area contributed by atoms with Crippen molar-refractivity contribution in [2.75, 3.05) is 13.7 Å². The summed E-state index contributed by atoms with van der Waals surface area (Å²) in [5.41, 5.74) is 2.83. The molecule has 0 unspecified atom stereocenters. The number of hydrogen-bond donors (Lipinski definition) is 1. The lowest BCUT2D eigenvalue weighted by molar-refractivity contribution is 0.340. The Kier molecular flexibility index (Phi) is 4.34. The summed E-state index contributed by atoms with van der Waals surface area (Å²) >= 11 is 5.52. The van der Waals surface area contributed by atoms with Gasteiger partial charge in [-0.3, -0.25) is 0 Å². The Bertz CT molecular complexity index is 1010. The molecule has 4 rings (SSSR count). The second-order valence-corrected chi connectivity index (χ2v) is 6.27. The number of rotatable bonds is 4. The molecule has 0 fully saturated rings. The molecule has 0 spiro atoms. The Labute approximate surface area is 156 Å². The first-order valence-corrected chi connectivity index (χ1v) is 8.80. The number of fused-ring (bicyclic) bond motifs is 2. The van der Waals surface area contributed by atoms with Crippen molar-refractivity contribution in [1.29, 1.82) is 0 Å². The van der Waals surface area contributed by atoms with Crippen LogP contribution in [0, 0.1) is 4.64 Å². The van der Waals surface area contributed by atoms with E-state index < -0.39 is 0 Å². The first kappa shape index (κ1) is 16.6. The first-order valence-electron chi connectivity index (χ1n) is 8.39. The summed E-state index contributed by atoms with van der Waals surface area (Å²) in [4.78, 5) is 7.82. The van der Waals surface area contributed by atoms with Gasteiger partial charge in [0.15, 0.2) is 11.5 Å². The molecule has 1 aromatic heterocycles. The van der Waals surface area contributed by atoms with E-state index >= 15 is 0 Å². The zero-order valence-electron chi connectivity index (χ0n) is 14.5. The third-order valence-electron chi connectivity index (χ3n) is 4.27. The highest BCUT2D eigenvalue weighted by Crippen LogP contribution is 2.42. The maximum atomic E-state index is 6.09. The number of aromatic nitrogens is 2. The van der Waals surface area contributed by atoms with Crippen LogP contribution in [0.2, 0.25) is 0 Å². The highest BCUT2D eigenvalue weighted by Gasteiger charge is 2.23. The number of para-hydroxylation sites is 1. The first-order chi connectivity index (χ1) is 12.7. The van der Waals surface area contributed by atoms with Crippen LogP contribution in [0.15, 0.2) is 42.5 Å². The van der Waals surface area contributed by atoms with Crippen LogP contribution < -0.4 is 14.2 Å². The lowest BCUT2D eigenvalue weighted by atomic mass is 10.0. The molecule has 1 aliphatic rings. The molecule has 0 saturated heterocycles. The quantitative estimate of drug-likeness (QED) is 0.520. The van der Waals surface area contributed by atoms with Crippen molar-refractivity contribution < 1.29 is 14.2 Å². The molecule has 0 aliphatic carbocycles. The molecule has 0 radical (unpaired) electrons. The van der Waals surface area contributed by atoms with Gasteiger partial charge in [0.05, 0.1) is 19.3 Å². The minimum Gasteiger partial charge on any atom is -0.494 e. The Hall–Kier alpha value is -2.86. The maximum Gasteiger partial charge on any atom is 0.205 e. The van der Waals surface area contributed by atoms with Gasteiger partial charge in [-0.15, -0.1) is 0 Å². The van der Waals surface area contributed by atoms with Gasteiger partial charge in [-0.25, -0.2) is 4.98 Å². The van der Waals surface area contributed by atoms with E-state index in [9.17, 15) is 0 Å². The summed E-state index contributed by atoms with van der Waals surface area (Å²) < 4.78 is 17.5. The van der Waals surface area contributed by atoms with Gasteiger partial charge in [0, 0.05) is 17.5 Å². The molecule has 132 valence electrons. The van der Waals surface area contributed by atoms with Crippen molar-refractivity contribution in [3.63, 3.8) is 0 Å². The highest BCUT2D eigenvalue weighted by molar-refractivity contribution is 7.71. The summed E-state index contributed by atoms with van der Waals surface area (Å²) in [6, 6.07) is 13.6. The predicted octanol–water partition coefficient (Wildman–Crippen LogP) is 4.91. The normalized spacial score (nSPS) is 11.9. The minimum absolute atomic E-state index is 0.538. The smallest absolute Gasteiger partial charge is 0.205 e. The van der Waals surface area contributed by atoms with Gasteiger partial charge in [0.25, 0.3) is 0 Å². The molecular weight excluding hydrogens is 348 g/mol. The summed E-state index contributed by atoms with van der Waals surface area (Å²) in [5, 5.41) is 0. The number of H-pyrrole nitrogens is 1. The van der Waals surface area contributed by atoms with Crippen LogP contribution >= 0.6 is 12.2 Å². The van der Waals surface area contributed by atoms with Crippen LogP contribution in [0.1, 0.15) is 18.1 Å². The van der Waals surface area contributed by atoms with Crippen LogP contribution in [0.25, 0.3) is 11.4 Å². The maximum absolute atomic E-state index is 6.09. The number of aromatic amines is 1. The van der Waals surface area contributed by atoms with E-state index in [0.29, 0.717) is 35.1 Å². The van der Waals surface area contributed by atoms with E-state index in [0.717, 1.165) is 28.2 Å². The zero-order valence-corrected chi connectivity index (χ0v) is 15.4. The van der Waals surface area contributed by atoms with E-state index in [4.69, 9.17) is 26.4 Å². The van der Waals surface area contributed by atoms with Crippen LogP contribution in [-0.4, -0.2) is 23.7 Å². The second kappa shape index (κ2) is 6.80. The van der Waals surface area contributed by atoms with Crippen LogP contribution in [-0.2, 0) is 6.42 Å². The molecule has 1 N–H and O–H groups in total. The Morgan fingerprint density at radius 2 is 2.00 bits per heavy atom. The fourth-order valence-corrected chi connectivity index (χ4v) is 3.26. The molecule has 6 heteroatoms. The van der Waals surface area contributed by atoms with Crippen molar-refractivity contribution in [2.24, 2.45) is 0 Å². The van der Waals surface area contributed by atoms with Gasteiger partial charge in [0.1, 0.15) is 16.2 Å².